The third-order valence-electron chi connectivity index (χ3n) is 3.03. The van der Waals surface area contributed by atoms with E-state index in [2.05, 4.69) is 5.32 Å². The molecule has 114 valence electrons. The third kappa shape index (κ3) is 4.05. The molecule has 0 radical (unpaired) electrons. The lowest BCUT2D eigenvalue weighted by Gasteiger charge is -2.17. The van der Waals surface area contributed by atoms with Crippen LogP contribution in [0.3, 0.4) is 0 Å². The van der Waals surface area contributed by atoms with Gasteiger partial charge in [0.25, 0.3) is 0 Å². The van der Waals surface area contributed by atoms with Gasteiger partial charge in [-0.15, -0.1) is 0 Å². The molecular formula is C16H14ClFN2O2. The van der Waals surface area contributed by atoms with Crippen molar-refractivity contribution in [2.24, 2.45) is 0 Å². The van der Waals surface area contributed by atoms with Gasteiger partial charge in [0.05, 0.1) is 5.02 Å². The first-order valence-electron chi connectivity index (χ1n) is 6.54. The van der Waals surface area contributed by atoms with E-state index in [1.165, 1.54) is 17.0 Å². The normalized spacial score (nSPS) is 10.1. The Labute approximate surface area is 132 Å². The molecule has 2 aromatic carbocycles. The molecule has 0 heterocycles. The minimum atomic E-state index is -0.570. The van der Waals surface area contributed by atoms with Crippen molar-refractivity contribution in [1.29, 1.82) is 0 Å². The van der Waals surface area contributed by atoms with Crippen LogP contribution in [-0.4, -0.2) is 18.9 Å². The van der Waals surface area contributed by atoms with Gasteiger partial charge in [0, 0.05) is 18.4 Å². The van der Waals surface area contributed by atoms with Crippen LogP contribution in [-0.2, 0) is 9.59 Å². The van der Waals surface area contributed by atoms with Gasteiger partial charge in [-0.25, -0.2) is 4.39 Å². The first-order valence-corrected chi connectivity index (χ1v) is 6.91. The van der Waals surface area contributed by atoms with E-state index in [4.69, 9.17) is 11.6 Å². The van der Waals surface area contributed by atoms with Crippen molar-refractivity contribution in [3.63, 3.8) is 0 Å². The molecule has 1 N–H and O–H groups in total. The summed E-state index contributed by atoms with van der Waals surface area (Å²) in [5.74, 6) is -1.41. The van der Waals surface area contributed by atoms with Crippen molar-refractivity contribution in [2.45, 2.75) is 6.42 Å². The smallest absolute Gasteiger partial charge is 0.236 e. The number of amides is 2. The number of hydrogen-bond acceptors (Lipinski definition) is 2. The maximum Gasteiger partial charge on any atom is 0.236 e. The highest BCUT2D eigenvalue weighted by Gasteiger charge is 2.15. The van der Waals surface area contributed by atoms with E-state index in [0.29, 0.717) is 11.4 Å². The molecule has 22 heavy (non-hydrogen) atoms. The Morgan fingerprint density at radius 1 is 1.18 bits per heavy atom. The van der Waals surface area contributed by atoms with E-state index in [0.717, 1.165) is 6.07 Å². The predicted molar refractivity (Wildman–Crippen MR) is 84.5 cm³/mol. The Morgan fingerprint density at radius 3 is 2.50 bits per heavy atom. The highest BCUT2D eigenvalue weighted by Crippen LogP contribution is 2.19. The monoisotopic (exact) mass is 320 g/mol. The zero-order valence-corrected chi connectivity index (χ0v) is 12.6. The second-order valence-corrected chi connectivity index (χ2v) is 5.05. The van der Waals surface area contributed by atoms with Crippen molar-refractivity contribution in [2.75, 3.05) is 17.3 Å². The van der Waals surface area contributed by atoms with Crippen LogP contribution in [0.5, 0.6) is 0 Å². The van der Waals surface area contributed by atoms with Gasteiger partial charge in [0.15, 0.2) is 0 Å². The molecule has 0 aliphatic heterocycles. The van der Waals surface area contributed by atoms with Gasteiger partial charge in [-0.2, -0.15) is 0 Å². The summed E-state index contributed by atoms with van der Waals surface area (Å²) in [5, 5.41) is 2.42. The Morgan fingerprint density at radius 2 is 1.86 bits per heavy atom. The van der Waals surface area contributed by atoms with Crippen LogP contribution in [0.4, 0.5) is 15.8 Å². The Hall–Kier alpha value is -2.40. The molecule has 0 unspecified atom stereocenters. The molecule has 0 spiro atoms. The van der Waals surface area contributed by atoms with Crippen molar-refractivity contribution in [1.82, 2.24) is 0 Å². The minimum absolute atomic E-state index is 0.0921. The number of benzene rings is 2. The summed E-state index contributed by atoms with van der Waals surface area (Å²) in [4.78, 5) is 25.3. The molecular weight excluding hydrogens is 307 g/mol. The maximum absolute atomic E-state index is 13.0. The second-order valence-electron chi connectivity index (χ2n) is 4.64. The van der Waals surface area contributed by atoms with Crippen molar-refractivity contribution >= 4 is 34.8 Å². The fraction of sp³-hybridized carbons (Fsp3) is 0.125. The van der Waals surface area contributed by atoms with E-state index < -0.39 is 11.7 Å². The first-order chi connectivity index (χ1) is 10.5. The number of nitrogens with one attached hydrogen (secondary N) is 1. The second kappa shape index (κ2) is 7.04. The number of rotatable bonds is 4. The van der Waals surface area contributed by atoms with E-state index in [1.807, 2.05) is 6.07 Å². The average Bonchev–Trinajstić information content (AvgIpc) is 2.51. The highest BCUT2D eigenvalue weighted by atomic mass is 35.5. The average molecular weight is 321 g/mol. The third-order valence-corrected chi connectivity index (χ3v) is 3.32. The molecule has 2 rings (SSSR count). The van der Waals surface area contributed by atoms with Gasteiger partial charge < -0.3 is 10.2 Å². The summed E-state index contributed by atoms with van der Waals surface area (Å²) < 4.78 is 13.0. The topological polar surface area (TPSA) is 49.4 Å². The molecule has 0 fully saturated rings. The highest BCUT2D eigenvalue weighted by molar-refractivity contribution is 6.31. The van der Waals surface area contributed by atoms with Crippen LogP contribution in [0.25, 0.3) is 0 Å². The lowest BCUT2D eigenvalue weighted by molar-refractivity contribution is -0.125. The van der Waals surface area contributed by atoms with Gasteiger partial charge in [0.2, 0.25) is 11.8 Å². The summed E-state index contributed by atoms with van der Waals surface area (Å²) in [6.45, 7) is 0. The fourth-order valence-corrected chi connectivity index (χ4v) is 2.01. The van der Waals surface area contributed by atoms with E-state index in [1.54, 1.807) is 31.3 Å². The Kier molecular flexibility index (Phi) is 5.12. The van der Waals surface area contributed by atoms with Crippen LogP contribution in [0, 0.1) is 5.82 Å². The molecule has 0 aliphatic rings. The van der Waals surface area contributed by atoms with Crippen molar-refractivity contribution in [3.8, 4) is 0 Å². The number of carbonyl (C=O) groups is 2. The summed E-state index contributed by atoms with van der Waals surface area (Å²) in [5.41, 5.74) is 1.04. The fourth-order valence-electron chi connectivity index (χ4n) is 1.83. The van der Waals surface area contributed by atoms with Crippen LogP contribution in [0.1, 0.15) is 6.42 Å². The van der Waals surface area contributed by atoms with Crippen LogP contribution in [0.15, 0.2) is 48.5 Å². The van der Waals surface area contributed by atoms with Crippen LogP contribution >= 0.6 is 11.6 Å². The molecule has 4 nitrogen and oxygen atoms in total. The number of para-hydroxylation sites is 1. The SMILES string of the molecule is CN(C(=O)CC(=O)Nc1ccc(F)c(Cl)c1)c1ccccc1. The van der Waals surface area contributed by atoms with E-state index in [9.17, 15) is 14.0 Å². The number of halogens is 2. The molecule has 0 aromatic heterocycles. The van der Waals surface area contributed by atoms with Crippen LogP contribution in [0.2, 0.25) is 5.02 Å². The van der Waals surface area contributed by atoms with Gasteiger partial charge in [-0.1, -0.05) is 29.8 Å². The number of nitrogens with zero attached hydrogens (tertiary/aromatic N) is 1. The molecule has 0 saturated heterocycles. The first kappa shape index (κ1) is 16.0. The summed E-state index contributed by atoms with van der Waals surface area (Å²) in [7, 11) is 1.60. The van der Waals surface area contributed by atoms with Gasteiger partial charge in [0.1, 0.15) is 12.2 Å². The zero-order chi connectivity index (χ0) is 16.1. The summed E-state index contributed by atoms with van der Waals surface area (Å²) in [6.07, 6.45) is -0.319. The molecule has 0 atom stereocenters. The van der Waals surface area contributed by atoms with Gasteiger partial charge in [-0.05, 0) is 30.3 Å². The van der Waals surface area contributed by atoms with E-state index >= 15 is 0 Å². The van der Waals surface area contributed by atoms with Crippen molar-refractivity contribution in [3.05, 3.63) is 59.4 Å². The van der Waals surface area contributed by atoms with Crippen molar-refractivity contribution < 1.29 is 14.0 Å². The number of carbonyl (C=O) groups excluding carboxylic acids is 2. The Bertz CT molecular complexity index is 692. The molecule has 0 bridgehead atoms. The molecule has 2 amide bonds. The predicted octanol–water partition coefficient (Wildman–Crippen LogP) is 3.47. The van der Waals surface area contributed by atoms with Gasteiger partial charge >= 0.3 is 0 Å². The molecule has 6 heteroatoms. The number of hydrogen-bond donors (Lipinski definition) is 1. The quantitative estimate of drug-likeness (QED) is 0.877. The minimum Gasteiger partial charge on any atom is -0.326 e. The summed E-state index contributed by atoms with van der Waals surface area (Å²) >= 11 is 5.63. The Balaban J connectivity index is 1.96. The molecule has 0 saturated carbocycles. The maximum atomic E-state index is 13.0. The zero-order valence-electron chi connectivity index (χ0n) is 11.8. The molecule has 0 aliphatic carbocycles. The largest absolute Gasteiger partial charge is 0.326 e. The van der Waals surface area contributed by atoms with Gasteiger partial charge in [-0.3, -0.25) is 9.59 Å². The number of anilines is 2. The molecule has 2 aromatic rings. The van der Waals surface area contributed by atoms with E-state index in [-0.39, 0.29) is 17.4 Å². The lowest BCUT2D eigenvalue weighted by atomic mass is 10.2. The standard InChI is InChI=1S/C16H14ClFN2O2/c1-20(12-5-3-2-4-6-12)16(22)10-15(21)19-11-7-8-14(18)13(17)9-11/h2-9H,10H2,1H3,(H,19,21). The summed E-state index contributed by atoms with van der Waals surface area (Å²) in [6, 6.07) is 12.8. The van der Waals surface area contributed by atoms with Crippen LogP contribution < -0.4 is 10.2 Å². The lowest BCUT2D eigenvalue weighted by Crippen LogP contribution is -2.30.